The molecular formula is C19H26N4O4S. The molecule has 0 aliphatic carbocycles. The molecule has 2 aromatic rings. The molecule has 0 saturated heterocycles. The van der Waals surface area contributed by atoms with Crippen molar-refractivity contribution in [3.05, 3.63) is 42.0 Å². The molecule has 1 aliphatic heterocycles. The number of hydrogen-bond donors (Lipinski definition) is 1. The fourth-order valence-electron chi connectivity index (χ4n) is 3.03. The molecule has 0 radical (unpaired) electrons. The number of nitrogens with zero attached hydrogens (tertiary/aromatic N) is 3. The molecule has 1 N–H and O–H groups in total. The zero-order chi connectivity index (χ0) is 20.5. The van der Waals surface area contributed by atoms with Gasteiger partial charge in [-0.2, -0.15) is 4.31 Å². The van der Waals surface area contributed by atoms with Gasteiger partial charge >= 0.3 is 0 Å². The first-order valence-corrected chi connectivity index (χ1v) is 10.6. The summed E-state index contributed by atoms with van der Waals surface area (Å²) in [5.41, 5.74) is 0.862. The summed E-state index contributed by atoms with van der Waals surface area (Å²) < 4.78 is 34.5. The molecule has 28 heavy (non-hydrogen) atoms. The van der Waals surface area contributed by atoms with Crippen molar-refractivity contribution < 1.29 is 17.9 Å². The number of para-hydroxylation sites is 1. The minimum absolute atomic E-state index is 0.0374. The Morgan fingerprint density at radius 2 is 2.04 bits per heavy atom. The summed E-state index contributed by atoms with van der Waals surface area (Å²) >= 11 is 0. The third-order valence-electron chi connectivity index (χ3n) is 5.03. The molecule has 1 aromatic carbocycles. The van der Waals surface area contributed by atoms with E-state index >= 15 is 0 Å². The summed E-state index contributed by atoms with van der Waals surface area (Å²) in [6, 6.07) is 6.74. The maximum absolute atomic E-state index is 13.2. The Morgan fingerprint density at radius 3 is 2.71 bits per heavy atom. The van der Waals surface area contributed by atoms with Gasteiger partial charge in [0.1, 0.15) is 11.2 Å². The number of ether oxygens (including phenoxy) is 1. The number of methoxy groups -OCH3 is 1. The number of sulfonamides is 1. The first kappa shape index (κ1) is 20.5. The van der Waals surface area contributed by atoms with Crippen LogP contribution in [0, 0.1) is 0 Å². The maximum atomic E-state index is 13.2. The van der Waals surface area contributed by atoms with Crippen LogP contribution in [-0.4, -0.2) is 54.0 Å². The molecule has 1 aromatic heterocycles. The van der Waals surface area contributed by atoms with Crippen molar-refractivity contribution in [1.82, 2.24) is 19.2 Å². The van der Waals surface area contributed by atoms with Crippen molar-refractivity contribution in [3.8, 4) is 5.69 Å². The smallest absolute Gasteiger partial charge is 0.272 e. The van der Waals surface area contributed by atoms with Gasteiger partial charge in [0.05, 0.1) is 24.5 Å². The summed E-state index contributed by atoms with van der Waals surface area (Å²) in [4.78, 5) is 17.4. The van der Waals surface area contributed by atoms with Gasteiger partial charge in [-0.05, 0) is 32.4 Å². The van der Waals surface area contributed by atoms with Crippen LogP contribution in [0.5, 0.6) is 0 Å². The van der Waals surface area contributed by atoms with Crippen molar-refractivity contribution >= 4 is 15.9 Å². The highest BCUT2D eigenvalue weighted by Gasteiger charge is 2.35. The predicted molar refractivity (Wildman–Crippen MR) is 105 cm³/mol. The highest BCUT2D eigenvalue weighted by Crippen LogP contribution is 2.31. The van der Waals surface area contributed by atoms with Crippen LogP contribution in [-0.2, 0) is 21.3 Å². The number of benzene rings is 1. The molecule has 8 nitrogen and oxygen atoms in total. The molecule has 0 bridgehead atoms. The zero-order valence-electron chi connectivity index (χ0n) is 16.6. The van der Waals surface area contributed by atoms with Gasteiger partial charge in [-0.25, -0.2) is 13.4 Å². The lowest BCUT2D eigenvalue weighted by atomic mass is 10.0. The Bertz CT molecular complexity index is 982. The number of aromatic nitrogens is 2. The average molecular weight is 407 g/mol. The summed E-state index contributed by atoms with van der Waals surface area (Å²) in [6.07, 6.45) is 2.27. The van der Waals surface area contributed by atoms with Crippen LogP contribution in [0.15, 0.2) is 35.5 Å². The van der Waals surface area contributed by atoms with Crippen LogP contribution in [0.4, 0.5) is 0 Å². The van der Waals surface area contributed by atoms with Gasteiger partial charge in [-0.3, -0.25) is 9.36 Å². The van der Waals surface area contributed by atoms with Crippen LogP contribution in [0.3, 0.4) is 0 Å². The highest BCUT2D eigenvalue weighted by atomic mass is 32.2. The summed E-state index contributed by atoms with van der Waals surface area (Å²) in [5, 5.41) is 2.97. The van der Waals surface area contributed by atoms with Crippen LogP contribution in [0.25, 0.3) is 5.69 Å². The van der Waals surface area contributed by atoms with Crippen LogP contribution in [0.2, 0.25) is 0 Å². The van der Waals surface area contributed by atoms with Crippen molar-refractivity contribution in [2.45, 2.75) is 44.2 Å². The van der Waals surface area contributed by atoms with E-state index in [4.69, 9.17) is 4.74 Å². The molecule has 0 spiro atoms. The fraction of sp³-hybridized carbons (Fsp3) is 0.474. The van der Waals surface area contributed by atoms with Crippen LogP contribution >= 0.6 is 0 Å². The number of carbonyl (C=O) groups is 1. The van der Waals surface area contributed by atoms with Crippen molar-refractivity contribution in [2.75, 3.05) is 20.3 Å². The second-order valence-electron chi connectivity index (χ2n) is 7.40. The molecule has 152 valence electrons. The molecule has 3 rings (SSSR count). The number of imidazole rings is 1. The summed E-state index contributed by atoms with van der Waals surface area (Å²) in [6.45, 7) is 6.33. The average Bonchev–Trinajstić information content (AvgIpc) is 3.04. The fourth-order valence-corrected chi connectivity index (χ4v) is 4.60. The number of rotatable bonds is 6. The minimum atomic E-state index is -3.74. The standard InChI is InChI=1S/C19H26N4O4S/c1-5-19(2,3)21-18(24)17-15-12-22(10-11-27-4)28(25,26)16-9-7-6-8-14(16)23(15)13-20-17/h6-9,13H,5,10-12H2,1-4H3,(H,21,24). The molecule has 0 unspecified atom stereocenters. The first-order valence-electron chi connectivity index (χ1n) is 9.18. The normalized spacial score (nSPS) is 16.1. The third kappa shape index (κ3) is 3.69. The SMILES string of the molecule is CCC(C)(C)NC(=O)c1ncn2c1CN(CCOC)S(=O)(=O)c1ccccc1-2. The van der Waals surface area contributed by atoms with Crippen LogP contribution in [0.1, 0.15) is 43.4 Å². The molecule has 9 heteroatoms. The lowest BCUT2D eigenvalue weighted by Gasteiger charge is -2.24. The maximum Gasteiger partial charge on any atom is 0.272 e. The number of amides is 1. The molecule has 0 atom stereocenters. The first-order chi connectivity index (χ1) is 13.2. The summed E-state index contributed by atoms with van der Waals surface area (Å²) in [7, 11) is -2.22. The Hall–Kier alpha value is -2.23. The minimum Gasteiger partial charge on any atom is -0.383 e. The Balaban J connectivity index is 2.12. The van der Waals surface area contributed by atoms with E-state index in [1.54, 1.807) is 28.8 Å². The third-order valence-corrected chi connectivity index (χ3v) is 6.92. The second-order valence-corrected chi connectivity index (χ2v) is 9.31. The molecular weight excluding hydrogens is 380 g/mol. The van der Waals surface area contributed by atoms with E-state index in [9.17, 15) is 13.2 Å². The zero-order valence-corrected chi connectivity index (χ0v) is 17.4. The van der Waals surface area contributed by atoms with Gasteiger partial charge in [0.25, 0.3) is 5.91 Å². The summed E-state index contributed by atoms with van der Waals surface area (Å²) in [5.74, 6) is -0.316. The van der Waals surface area contributed by atoms with Gasteiger partial charge in [0.15, 0.2) is 5.69 Å². The molecule has 2 heterocycles. The van der Waals surface area contributed by atoms with E-state index in [-0.39, 0.29) is 36.2 Å². The number of hydrogen-bond acceptors (Lipinski definition) is 5. The highest BCUT2D eigenvalue weighted by molar-refractivity contribution is 7.89. The lowest BCUT2D eigenvalue weighted by Crippen LogP contribution is -2.43. The van der Waals surface area contributed by atoms with Gasteiger partial charge in [-0.1, -0.05) is 19.1 Å². The van der Waals surface area contributed by atoms with Crippen LogP contribution < -0.4 is 5.32 Å². The second kappa shape index (κ2) is 7.65. The Morgan fingerprint density at radius 1 is 1.32 bits per heavy atom. The Labute approximate surface area is 165 Å². The topological polar surface area (TPSA) is 93.5 Å². The molecule has 1 amide bonds. The van der Waals surface area contributed by atoms with E-state index in [1.165, 1.54) is 17.7 Å². The van der Waals surface area contributed by atoms with Crippen molar-refractivity contribution in [2.24, 2.45) is 0 Å². The van der Waals surface area contributed by atoms with Gasteiger partial charge in [-0.15, -0.1) is 0 Å². The van der Waals surface area contributed by atoms with Gasteiger partial charge < -0.3 is 10.1 Å². The molecule has 0 fully saturated rings. The molecule has 1 aliphatic rings. The quantitative estimate of drug-likeness (QED) is 0.791. The lowest BCUT2D eigenvalue weighted by molar-refractivity contribution is 0.0904. The Kier molecular flexibility index (Phi) is 5.60. The van der Waals surface area contributed by atoms with E-state index in [0.717, 1.165) is 6.42 Å². The number of nitrogens with one attached hydrogen (secondary N) is 1. The van der Waals surface area contributed by atoms with E-state index in [1.807, 2.05) is 20.8 Å². The van der Waals surface area contributed by atoms with E-state index in [0.29, 0.717) is 11.4 Å². The van der Waals surface area contributed by atoms with E-state index in [2.05, 4.69) is 10.3 Å². The van der Waals surface area contributed by atoms with Gasteiger partial charge in [0, 0.05) is 19.2 Å². The van der Waals surface area contributed by atoms with Crippen molar-refractivity contribution in [3.63, 3.8) is 0 Å². The van der Waals surface area contributed by atoms with Gasteiger partial charge in [0.2, 0.25) is 10.0 Å². The predicted octanol–water partition coefficient (Wildman–Crippen LogP) is 1.94. The monoisotopic (exact) mass is 406 g/mol. The molecule has 0 saturated carbocycles. The number of fused-ring (bicyclic) bond motifs is 3. The number of carbonyl (C=O) groups excluding carboxylic acids is 1. The van der Waals surface area contributed by atoms with E-state index < -0.39 is 15.6 Å². The largest absolute Gasteiger partial charge is 0.383 e. The van der Waals surface area contributed by atoms with Crippen molar-refractivity contribution in [1.29, 1.82) is 0 Å².